The molecule has 2 aromatic rings. The summed E-state index contributed by atoms with van der Waals surface area (Å²) < 4.78 is 41.9. The first kappa shape index (κ1) is 21.3. The molecule has 0 saturated heterocycles. The van der Waals surface area contributed by atoms with E-state index in [1.807, 2.05) is 18.7 Å². The van der Waals surface area contributed by atoms with Gasteiger partial charge in [-0.25, -0.2) is 4.79 Å². The number of fused-ring (bicyclic) bond motifs is 1. The Kier molecular flexibility index (Phi) is 6.06. The number of nitrogens with zero attached hydrogens (tertiary/aromatic N) is 2. The van der Waals surface area contributed by atoms with E-state index in [0.29, 0.717) is 30.0 Å². The minimum atomic E-state index is -4.79. The second-order valence-electron chi connectivity index (χ2n) is 6.71. The normalized spacial score (nSPS) is 17.8. The number of amides is 2. The highest BCUT2D eigenvalue weighted by atomic mass is 19.4. The number of anilines is 2. The van der Waals surface area contributed by atoms with E-state index in [-0.39, 0.29) is 17.8 Å². The number of urea groups is 1. The lowest BCUT2D eigenvalue weighted by Crippen LogP contribution is -2.28. The molecule has 0 saturated carbocycles. The molecule has 2 amide bonds. The van der Waals surface area contributed by atoms with Crippen LogP contribution in [-0.2, 0) is 0 Å². The molecule has 0 bridgehead atoms. The van der Waals surface area contributed by atoms with E-state index in [9.17, 15) is 23.2 Å². The van der Waals surface area contributed by atoms with Crippen molar-refractivity contribution in [1.82, 2.24) is 5.32 Å². The Balaban J connectivity index is 1.91. The monoisotopic (exact) mass is 418 g/mol. The van der Waals surface area contributed by atoms with Crippen molar-refractivity contribution in [3.05, 3.63) is 53.6 Å². The van der Waals surface area contributed by atoms with Crippen molar-refractivity contribution in [3.8, 4) is 11.8 Å². The largest absolute Gasteiger partial charge is 0.573 e. The second-order valence-corrected chi connectivity index (χ2v) is 6.71. The SMILES string of the molecule is CCNC(=O)Nc1ccc(C2C(C#N)c3ccc(OC(F)(F)F)cc3N2CC)cc1. The molecular weight excluding hydrogens is 397 g/mol. The molecule has 2 aromatic carbocycles. The van der Waals surface area contributed by atoms with E-state index < -0.39 is 12.3 Å². The highest BCUT2D eigenvalue weighted by molar-refractivity contribution is 5.89. The van der Waals surface area contributed by atoms with Gasteiger partial charge in [0.05, 0.1) is 18.0 Å². The Labute approximate surface area is 172 Å². The van der Waals surface area contributed by atoms with Gasteiger partial charge >= 0.3 is 12.4 Å². The number of ether oxygens (including phenoxy) is 1. The number of likely N-dealkylation sites (N-methyl/N-ethyl adjacent to an activating group) is 1. The van der Waals surface area contributed by atoms with Crippen LogP contribution in [0.15, 0.2) is 42.5 Å². The number of alkyl halides is 3. The van der Waals surface area contributed by atoms with E-state index in [4.69, 9.17) is 0 Å². The fraction of sp³-hybridized carbons (Fsp3) is 0.333. The van der Waals surface area contributed by atoms with Crippen molar-refractivity contribution in [2.45, 2.75) is 32.2 Å². The molecule has 1 aliphatic rings. The zero-order chi connectivity index (χ0) is 21.9. The van der Waals surface area contributed by atoms with Crippen LogP contribution in [0.2, 0.25) is 0 Å². The number of hydrogen-bond acceptors (Lipinski definition) is 4. The molecule has 30 heavy (non-hydrogen) atoms. The quantitative estimate of drug-likeness (QED) is 0.723. The third-order valence-corrected chi connectivity index (χ3v) is 4.86. The number of nitrogens with one attached hydrogen (secondary N) is 2. The van der Waals surface area contributed by atoms with Gasteiger partial charge in [0, 0.05) is 30.5 Å². The Morgan fingerprint density at radius 3 is 2.47 bits per heavy atom. The molecule has 9 heteroatoms. The van der Waals surface area contributed by atoms with E-state index in [0.717, 1.165) is 5.56 Å². The van der Waals surface area contributed by atoms with Crippen molar-refractivity contribution in [2.75, 3.05) is 23.3 Å². The summed E-state index contributed by atoms with van der Waals surface area (Å²) in [5.74, 6) is -0.874. The van der Waals surface area contributed by atoms with Gasteiger partial charge in [-0.3, -0.25) is 0 Å². The fourth-order valence-electron chi connectivity index (χ4n) is 3.71. The zero-order valence-corrected chi connectivity index (χ0v) is 16.5. The number of hydrogen-bond donors (Lipinski definition) is 2. The minimum Gasteiger partial charge on any atom is -0.406 e. The molecule has 1 aliphatic heterocycles. The average molecular weight is 418 g/mol. The Hall–Kier alpha value is -3.41. The lowest BCUT2D eigenvalue weighted by molar-refractivity contribution is -0.274. The highest BCUT2D eigenvalue weighted by Crippen LogP contribution is 2.50. The first-order valence-corrected chi connectivity index (χ1v) is 9.48. The van der Waals surface area contributed by atoms with Gasteiger partial charge in [-0.1, -0.05) is 18.2 Å². The lowest BCUT2D eigenvalue weighted by Gasteiger charge is -2.28. The van der Waals surface area contributed by atoms with E-state index in [2.05, 4.69) is 21.4 Å². The molecule has 2 N–H and O–H groups in total. The van der Waals surface area contributed by atoms with Crippen LogP contribution in [0.5, 0.6) is 5.75 Å². The van der Waals surface area contributed by atoms with Gasteiger partial charge in [-0.15, -0.1) is 13.2 Å². The first-order valence-electron chi connectivity index (χ1n) is 9.48. The maximum atomic E-state index is 12.6. The number of halogens is 3. The van der Waals surface area contributed by atoms with Gasteiger partial charge in [-0.2, -0.15) is 5.26 Å². The second kappa shape index (κ2) is 8.53. The summed E-state index contributed by atoms with van der Waals surface area (Å²) in [5.41, 5.74) is 2.61. The van der Waals surface area contributed by atoms with Crippen LogP contribution in [0.4, 0.5) is 29.3 Å². The molecule has 0 radical (unpaired) electrons. The summed E-state index contributed by atoms with van der Waals surface area (Å²) in [6.45, 7) is 4.68. The number of nitriles is 1. The van der Waals surface area contributed by atoms with Crippen LogP contribution in [0.1, 0.15) is 36.9 Å². The van der Waals surface area contributed by atoms with E-state index in [1.54, 1.807) is 24.3 Å². The summed E-state index contributed by atoms with van der Waals surface area (Å²) in [5, 5.41) is 15.1. The van der Waals surface area contributed by atoms with Gasteiger partial charge < -0.3 is 20.3 Å². The van der Waals surface area contributed by atoms with Crippen molar-refractivity contribution in [1.29, 1.82) is 5.26 Å². The van der Waals surface area contributed by atoms with Crippen LogP contribution in [-0.4, -0.2) is 25.5 Å². The molecule has 2 atom stereocenters. The molecule has 158 valence electrons. The van der Waals surface area contributed by atoms with Crippen molar-refractivity contribution < 1.29 is 22.7 Å². The van der Waals surface area contributed by atoms with Gasteiger partial charge in [0.15, 0.2) is 0 Å². The predicted molar refractivity (Wildman–Crippen MR) is 106 cm³/mol. The van der Waals surface area contributed by atoms with Crippen molar-refractivity contribution in [2.24, 2.45) is 0 Å². The van der Waals surface area contributed by atoms with Crippen LogP contribution >= 0.6 is 0 Å². The van der Waals surface area contributed by atoms with E-state index in [1.165, 1.54) is 18.2 Å². The standard InChI is InChI=1S/C21H21F3N4O2/c1-3-26-20(29)27-14-7-5-13(6-8-14)19-17(12-25)16-10-9-15(30-21(22,23)24)11-18(16)28(19)4-2/h5-11,17,19H,3-4H2,1-2H3,(H2,26,27,29). The number of benzene rings is 2. The molecule has 0 aliphatic carbocycles. The van der Waals surface area contributed by atoms with Crippen LogP contribution in [0.3, 0.4) is 0 Å². The summed E-state index contributed by atoms with van der Waals surface area (Å²) >= 11 is 0. The minimum absolute atomic E-state index is 0.319. The predicted octanol–water partition coefficient (Wildman–Crippen LogP) is 4.91. The van der Waals surface area contributed by atoms with Gasteiger partial charge in [0.1, 0.15) is 5.75 Å². The summed E-state index contributed by atoms with van der Waals surface area (Å²) in [6, 6.07) is 12.7. The third kappa shape index (κ3) is 4.43. The van der Waals surface area contributed by atoms with Gasteiger partial charge in [0.25, 0.3) is 0 Å². The number of rotatable bonds is 5. The molecular formula is C21H21F3N4O2. The third-order valence-electron chi connectivity index (χ3n) is 4.86. The van der Waals surface area contributed by atoms with Gasteiger partial charge in [0.2, 0.25) is 0 Å². The molecule has 1 heterocycles. The van der Waals surface area contributed by atoms with Crippen LogP contribution in [0, 0.1) is 11.3 Å². The molecule has 2 unspecified atom stereocenters. The molecule has 3 rings (SSSR count). The Morgan fingerprint density at radius 2 is 1.90 bits per heavy atom. The maximum Gasteiger partial charge on any atom is 0.573 e. The van der Waals surface area contributed by atoms with Gasteiger partial charge in [-0.05, 0) is 43.2 Å². The van der Waals surface area contributed by atoms with Crippen LogP contribution in [0.25, 0.3) is 0 Å². The Morgan fingerprint density at radius 1 is 1.20 bits per heavy atom. The lowest BCUT2D eigenvalue weighted by atomic mass is 9.91. The van der Waals surface area contributed by atoms with Crippen LogP contribution < -0.4 is 20.3 Å². The van der Waals surface area contributed by atoms with Crippen molar-refractivity contribution in [3.63, 3.8) is 0 Å². The molecule has 0 fully saturated rings. The van der Waals surface area contributed by atoms with Crippen molar-refractivity contribution >= 4 is 17.4 Å². The zero-order valence-electron chi connectivity index (χ0n) is 16.5. The first-order chi connectivity index (χ1) is 14.3. The summed E-state index contributed by atoms with van der Waals surface area (Å²) in [4.78, 5) is 13.6. The maximum absolute atomic E-state index is 12.6. The number of carbonyl (C=O) groups excluding carboxylic acids is 1. The topological polar surface area (TPSA) is 77.4 Å². The number of carbonyl (C=O) groups is 1. The molecule has 0 spiro atoms. The fourth-order valence-corrected chi connectivity index (χ4v) is 3.71. The molecule has 0 aromatic heterocycles. The summed E-state index contributed by atoms with van der Waals surface area (Å²) in [6.07, 6.45) is -4.79. The van der Waals surface area contributed by atoms with E-state index >= 15 is 0 Å². The Bertz CT molecular complexity index is 954. The average Bonchev–Trinajstić information content (AvgIpc) is 3.00. The summed E-state index contributed by atoms with van der Waals surface area (Å²) in [7, 11) is 0. The molecule has 6 nitrogen and oxygen atoms in total. The smallest absolute Gasteiger partial charge is 0.406 e. The highest BCUT2D eigenvalue weighted by Gasteiger charge is 2.40.